The lowest BCUT2D eigenvalue weighted by atomic mass is 10.9. The molecule has 0 rings (SSSR count). The van der Waals surface area contributed by atoms with Crippen molar-refractivity contribution in [1.82, 2.24) is 0 Å². The number of oxime groups is 1. The second-order valence-corrected chi connectivity index (χ2v) is 0.374. The maximum Gasteiger partial charge on any atom is 0.0404 e. The van der Waals surface area contributed by atoms with E-state index in [-0.39, 0.29) is 12.4 Å². The van der Waals surface area contributed by atoms with Crippen molar-refractivity contribution in [2.24, 2.45) is 5.16 Å². The average molecular weight is 95.5 g/mol. The van der Waals surface area contributed by atoms with Gasteiger partial charge in [0.05, 0.1) is 0 Å². The van der Waals surface area contributed by atoms with Gasteiger partial charge in [-0.3, -0.25) is 0 Å². The van der Waals surface area contributed by atoms with Gasteiger partial charge in [-0.1, -0.05) is 0 Å². The molecule has 0 atom stereocenters. The summed E-state index contributed by atoms with van der Waals surface area (Å²) in [6, 6.07) is 0. The van der Waals surface area contributed by atoms with E-state index in [0.717, 1.165) is 0 Å². The Bertz CT molecular complexity index is 24.8. The Morgan fingerprint density at radius 1 is 1.80 bits per heavy atom. The first-order valence-electron chi connectivity index (χ1n) is 1.04. The first-order valence-corrected chi connectivity index (χ1v) is 1.04. The maximum absolute atomic E-state index is 7.44. The monoisotopic (exact) mass is 95.0 g/mol. The van der Waals surface area contributed by atoms with Gasteiger partial charge >= 0.3 is 0 Å². The summed E-state index contributed by atoms with van der Waals surface area (Å²) in [5.74, 6) is 0. The summed E-state index contributed by atoms with van der Waals surface area (Å²) in [5.41, 5.74) is 0. The molecule has 5 heavy (non-hydrogen) atoms. The third kappa shape index (κ3) is 20.2. The number of rotatable bonds is 0. The van der Waals surface area contributed by atoms with Crippen LogP contribution in [0.15, 0.2) is 5.16 Å². The van der Waals surface area contributed by atoms with Crippen molar-refractivity contribution < 1.29 is 5.21 Å². The maximum atomic E-state index is 7.44. The molecule has 0 aromatic rings. The van der Waals surface area contributed by atoms with Crippen molar-refractivity contribution in [3.63, 3.8) is 0 Å². The highest BCUT2D eigenvalue weighted by molar-refractivity contribution is 5.85. The van der Waals surface area contributed by atoms with E-state index in [1.807, 2.05) is 0 Å². The molecule has 0 aliphatic rings. The molecule has 3 heteroatoms. The van der Waals surface area contributed by atoms with E-state index < -0.39 is 0 Å². The van der Waals surface area contributed by atoms with Gasteiger partial charge in [0, 0.05) is 6.21 Å². The van der Waals surface area contributed by atoms with Crippen LogP contribution in [0.5, 0.6) is 0 Å². The molecule has 0 aliphatic carbocycles. The van der Waals surface area contributed by atoms with Crippen molar-refractivity contribution in [3.05, 3.63) is 0 Å². The Labute approximate surface area is 36.9 Å². The van der Waals surface area contributed by atoms with E-state index in [9.17, 15) is 0 Å². The third-order valence-electron chi connectivity index (χ3n) is 0.115. The zero-order chi connectivity index (χ0) is 3.41. The lowest BCUT2D eigenvalue weighted by molar-refractivity contribution is 0.321. The number of hydrogen-bond acceptors (Lipinski definition) is 2. The van der Waals surface area contributed by atoms with Gasteiger partial charge in [-0.25, -0.2) is 0 Å². The highest BCUT2D eigenvalue weighted by atomic mass is 35.5. The van der Waals surface area contributed by atoms with Crippen molar-refractivity contribution in [1.29, 1.82) is 0 Å². The van der Waals surface area contributed by atoms with Gasteiger partial charge in [0.15, 0.2) is 0 Å². The van der Waals surface area contributed by atoms with Crippen LogP contribution in [0.4, 0.5) is 0 Å². The highest BCUT2D eigenvalue weighted by Crippen LogP contribution is 1.38. The van der Waals surface area contributed by atoms with E-state index >= 15 is 0 Å². The summed E-state index contributed by atoms with van der Waals surface area (Å²) in [6.45, 7) is 1.64. The van der Waals surface area contributed by atoms with E-state index in [0.29, 0.717) is 0 Å². The second-order valence-electron chi connectivity index (χ2n) is 0.374. The van der Waals surface area contributed by atoms with E-state index in [1.54, 1.807) is 6.92 Å². The lowest BCUT2D eigenvalue weighted by Crippen LogP contribution is -1.49. The molecule has 0 aromatic carbocycles. The average Bonchev–Trinajstić information content (AvgIpc) is 1.37. The minimum absolute atomic E-state index is 0. The molecule has 32 valence electrons. The first kappa shape index (κ1) is 8.83. The molecule has 0 aromatic heterocycles. The molecule has 0 unspecified atom stereocenters. The summed E-state index contributed by atoms with van der Waals surface area (Å²) < 4.78 is 0. The van der Waals surface area contributed by atoms with Crippen LogP contribution < -0.4 is 0 Å². The van der Waals surface area contributed by atoms with Crippen LogP contribution in [0, 0.1) is 0 Å². The van der Waals surface area contributed by atoms with E-state index in [2.05, 4.69) is 5.16 Å². The largest absolute Gasteiger partial charge is 0.411 e. The predicted octanol–water partition coefficient (Wildman–Crippen LogP) is 0.888. The van der Waals surface area contributed by atoms with Crippen LogP contribution >= 0.6 is 12.4 Å². The van der Waals surface area contributed by atoms with Crippen LogP contribution in [-0.2, 0) is 0 Å². The molecular weight excluding hydrogens is 89.5 g/mol. The standard InChI is InChI=1S/C2H5NO.ClH/c1-2-3-4;/h2,4H,1H3;1H. The number of hydrogen-bond donors (Lipinski definition) is 1. The molecule has 0 heterocycles. The summed E-state index contributed by atoms with van der Waals surface area (Å²) in [5, 5.41) is 10.1. The smallest absolute Gasteiger partial charge is 0.0404 e. The Morgan fingerprint density at radius 3 is 2.00 bits per heavy atom. The SMILES string of the molecule is CC=NO.Cl. The fraction of sp³-hybridized carbons (Fsp3) is 0.500. The van der Waals surface area contributed by atoms with Gasteiger partial charge in [0.2, 0.25) is 0 Å². The van der Waals surface area contributed by atoms with Gasteiger partial charge < -0.3 is 5.21 Å². The molecule has 1 N–H and O–H groups in total. The fourth-order valence-electron chi connectivity index (χ4n) is 0. The van der Waals surface area contributed by atoms with Crippen molar-refractivity contribution in [3.8, 4) is 0 Å². The summed E-state index contributed by atoms with van der Waals surface area (Å²) in [7, 11) is 0. The molecule has 0 bridgehead atoms. The van der Waals surface area contributed by atoms with Gasteiger partial charge in [-0.2, -0.15) is 0 Å². The van der Waals surface area contributed by atoms with Gasteiger partial charge in [0.1, 0.15) is 0 Å². The normalized spacial score (nSPS) is 7.40. The molecule has 2 nitrogen and oxygen atoms in total. The number of halogens is 1. The Balaban J connectivity index is 0. The van der Waals surface area contributed by atoms with E-state index in [4.69, 9.17) is 5.21 Å². The molecule has 0 radical (unpaired) electrons. The van der Waals surface area contributed by atoms with Crippen molar-refractivity contribution >= 4 is 18.6 Å². The zero-order valence-electron chi connectivity index (χ0n) is 2.88. The predicted molar refractivity (Wildman–Crippen MR) is 23.2 cm³/mol. The van der Waals surface area contributed by atoms with Gasteiger partial charge in [-0.15, -0.1) is 17.6 Å². The minimum Gasteiger partial charge on any atom is -0.411 e. The zero-order valence-corrected chi connectivity index (χ0v) is 3.70. The van der Waals surface area contributed by atoms with Crippen LogP contribution in [0.2, 0.25) is 0 Å². The van der Waals surface area contributed by atoms with Gasteiger partial charge in [-0.05, 0) is 6.92 Å². The Hall–Kier alpha value is -0.240. The number of nitrogens with zero attached hydrogens (tertiary/aromatic N) is 1. The van der Waals surface area contributed by atoms with Crippen molar-refractivity contribution in [2.75, 3.05) is 0 Å². The van der Waals surface area contributed by atoms with Crippen LogP contribution in [0.25, 0.3) is 0 Å². The molecular formula is C2H6ClNO. The molecule has 0 amide bonds. The van der Waals surface area contributed by atoms with Crippen molar-refractivity contribution in [2.45, 2.75) is 6.92 Å². The van der Waals surface area contributed by atoms with Crippen LogP contribution in [0.3, 0.4) is 0 Å². The molecule has 0 saturated heterocycles. The Kier molecular flexibility index (Phi) is 16.3. The highest BCUT2D eigenvalue weighted by Gasteiger charge is 1.34. The summed E-state index contributed by atoms with van der Waals surface area (Å²) in [4.78, 5) is 0. The topological polar surface area (TPSA) is 32.6 Å². The minimum atomic E-state index is 0. The third-order valence-corrected chi connectivity index (χ3v) is 0.115. The van der Waals surface area contributed by atoms with E-state index in [1.165, 1.54) is 6.21 Å². The first-order chi connectivity index (χ1) is 1.91. The van der Waals surface area contributed by atoms with Crippen LogP contribution in [-0.4, -0.2) is 11.4 Å². The molecule has 0 spiro atoms. The van der Waals surface area contributed by atoms with Crippen LogP contribution in [0.1, 0.15) is 6.92 Å². The quantitative estimate of drug-likeness (QED) is 0.271. The lowest BCUT2D eigenvalue weighted by Gasteiger charge is -1.54. The Morgan fingerprint density at radius 2 is 2.00 bits per heavy atom. The molecule has 0 fully saturated rings. The molecule has 0 aliphatic heterocycles. The van der Waals surface area contributed by atoms with Gasteiger partial charge in [0.25, 0.3) is 0 Å². The summed E-state index contributed by atoms with van der Waals surface area (Å²) in [6.07, 6.45) is 1.31. The second kappa shape index (κ2) is 9.25. The fourth-order valence-corrected chi connectivity index (χ4v) is 0. The summed E-state index contributed by atoms with van der Waals surface area (Å²) >= 11 is 0. The molecule has 0 saturated carbocycles.